The Labute approximate surface area is 86.6 Å². The van der Waals surface area contributed by atoms with E-state index in [2.05, 4.69) is 44.2 Å². The quantitative estimate of drug-likeness (QED) is 0.774. The van der Waals surface area contributed by atoms with Crippen molar-refractivity contribution in [2.75, 3.05) is 6.54 Å². The van der Waals surface area contributed by atoms with Crippen LogP contribution in [0.25, 0.3) is 5.57 Å². The fourth-order valence-electron chi connectivity index (χ4n) is 1.67. The molecule has 0 saturated heterocycles. The monoisotopic (exact) mass is 189 g/mol. The maximum Gasteiger partial charge on any atom is -0.00367 e. The number of rotatable bonds is 4. The van der Waals surface area contributed by atoms with E-state index in [0.29, 0.717) is 0 Å². The van der Waals surface area contributed by atoms with Crippen molar-refractivity contribution < 1.29 is 0 Å². The summed E-state index contributed by atoms with van der Waals surface area (Å²) in [5.74, 6) is 0. The first-order chi connectivity index (χ1) is 6.81. The second-order valence-electron chi connectivity index (χ2n) is 3.41. The minimum Gasteiger partial charge on any atom is -0.330 e. The minimum absolute atomic E-state index is 0.723. The van der Waals surface area contributed by atoms with Crippen molar-refractivity contribution in [3.05, 3.63) is 41.5 Å². The van der Waals surface area contributed by atoms with Crippen molar-refractivity contribution in [3.8, 4) is 0 Å². The number of hydrogen-bond donors (Lipinski definition) is 1. The van der Waals surface area contributed by atoms with Crippen molar-refractivity contribution in [2.24, 2.45) is 5.73 Å². The Balaban J connectivity index is 2.92. The SMILES string of the molecule is C/C=C(\CC)c1cccc(CCN)c1. The number of hydrogen-bond acceptors (Lipinski definition) is 1. The highest BCUT2D eigenvalue weighted by Gasteiger charge is 1.98. The van der Waals surface area contributed by atoms with E-state index < -0.39 is 0 Å². The average Bonchev–Trinajstić information content (AvgIpc) is 2.21. The van der Waals surface area contributed by atoms with Crippen molar-refractivity contribution >= 4 is 5.57 Å². The lowest BCUT2D eigenvalue weighted by atomic mass is 10.00. The highest BCUT2D eigenvalue weighted by Crippen LogP contribution is 2.18. The van der Waals surface area contributed by atoms with Gasteiger partial charge in [-0.25, -0.2) is 0 Å². The molecule has 0 saturated carbocycles. The zero-order valence-electron chi connectivity index (χ0n) is 9.09. The smallest absolute Gasteiger partial charge is 0.00367 e. The Morgan fingerprint density at radius 3 is 2.79 bits per heavy atom. The topological polar surface area (TPSA) is 26.0 Å². The summed E-state index contributed by atoms with van der Waals surface area (Å²) in [6, 6.07) is 8.66. The molecule has 14 heavy (non-hydrogen) atoms. The van der Waals surface area contributed by atoms with Gasteiger partial charge in [0.25, 0.3) is 0 Å². The molecular formula is C13H19N. The number of allylic oxidation sites excluding steroid dienone is 2. The molecule has 0 spiro atoms. The average molecular weight is 189 g/mol. The molecule has 1 heteroatoms. The zero-order chi connectivity index (χ0) is 10.4. The van der Waals surface area contributed by atoms with Gasteiger partial charge >= 0.3 is 0 Å². The van der Waals surface area contributed by atoms with Gasteiger partial charge in [0.05, 0.1) is 0 Å². The standard InChI is InChI=1S/C13H19N/c1-3-12(4-2)13-7-5-6-11(10-13)8-9-14/h3,5-7,10H,4,8-9,14H2,1-2H3/b12-3+. The third-order valence-electron chi connectivity index (χ3n) is 2.46. The molecule has 1 aromatic rings. The minimum atomic E-state index is 0.723. The van der Waals surface area contributed by atoms with Crippen LogP contribution in [0.2, 0.25) is 0 Å². The molecule has 0 aliphatic heterocycles. The fourth-order valence-corrected chi connectivity index (χ4v) is 1.67. The van der Waals surface area contributed by atoms with Crippen LogP contribution in [0.1, 0.15) is 31.4 Å². The summed E-state index contributed by atoms with van der Waals surface area (Å²) in [5, 5.41) is 0. The van der Waals surface area contributed by atoms with Gasteiger partial charge in [-0.1, -0.05) is 37.3 Å². The Morgan fingerprint density at radius 2 is 2.21 bits per heavy atom. The molecule has 1 rings (SSSR count). The van der Waals surface area contributed by atoms with Crippen LogP contribution in [-0.2, 0) is 6.42 Å². The Bertz CT molecular complexity index is 313. The van der Waals surface area contributed by atoms with E-state index in [4.69, 9.17) is 5.73 Å². The number of benzene rings is 1. The second-order valence-corrected chi connectivity index (χ2v) is 3.41. The van der Waals surface area contributed by atoms with Gasteiger partial charge in [0.15, 0.2) is 0 Å². The predicted molar refractivity (Wildman–Crippen MR) is 63.1 cm³/mol. The fraction of sp³-hybridized carbons (Fsp3) is 0.385. The molecule has 0 aliphatic carbocycles. The summed E-state index contributed by atoms with van der Waals surface area (Å²) < 4.78 is 0. The van der Waals surface area contributed by atoms with Gasteiger partial charge in [-0.05, 0) is 43.0 Å². The molecular weight excluding hydrogens is 170 g/mol. The summed E-state index contributed by atoms with van der Waals surface area (Å²) in [4.78, 5) is 0. The lowest BCUT2D eigenvalue weighted by Crippen LogP contribution is -2.02. The van der Waals surface area contributed by atoms with Crippen molar-refractivity contribution in [1.82, 2.24) is 0 Å². The first kappa shape index (κ1) is 11.0. The van der Waals surface area contributed by atoms with E-state index in [1.165, 1.54) is 16.7 Å². The van der Waals surface area contributed by atoms with Crippen LogP contribution in [0, 0.1) is 0 Å². The largest absolute Gasteiger partial charge is 0.330 e. The molecule has 2 N–H and O–H groups in total. The molecule has 0 heterocycles. The van der Waals surface area contributed by atoms with Gasteiger partial charge in [-0.2, -0.15) is 0 Å². The third-order valence-corrected chi connectivity index (χ3v) is 2.46. The van der Waals surface area contributed by atoms with Gasteiger partial charge in [0.1, 0.15) is 0 Å². The Hall–Kier alpha value is -1.08. The van der Waals surface area contributed by atoms with Crippen LogP contribution < -0.4 is 5.73 Å². The van der Waals surface area contributed by atoms with Crippen LogP contribution in [0.5, 0.6) is 0 Å². The van der Waals surface area contributed by atoms with Gasteiger partial charge in [0, 0.05) is 0 Å². The molecule has 0 atom stereocenters. The van der Waals surface area contributed by atoms with E-state index in [-0.39, 0.29) is 0 Å². The highest BCUT2D eigenvalue weighted by atomic mass is 14.5. The van der Waals surface area contributed by atoms with E-state index in [0.717, 1.165) is 19.4 Å². The van der Waals surface area contributed by atoms with E-state index in [1.54, 1.807) is 0 Å². The van der Waals surface area contributed by atoms with Gasteiger partial charge < -0.3 is 5.73 Å². The highest BCUT2D eigenvalue weighted by molar-refractivity contribution is 5.65. The molecule has 0 bridgehead atoms. The molecule has 0 fully saturated rings. The summed E-state index contributed by atoms with van der Waals surface area (Å²) in [6.07, 6.45) is 4.23. The molecule has 0 radical (unpaired) electrons. The molecule has 1 nitrogen and oxygen atoms in total. The maximum absolute atomic E-state index is 5.54. The summed E-state index contributed by atoms with van der Waals surface area (Å²) in [5.41, 5.74) is 9.61. The first-order valence-corrected chi connectivity index (χ1v) is 5.26. The van der Waals surface area contributed by atoms with E-state index in [9.17, 15) is 0 Å². The van der Waals surface area contributed by atoms with Crippen molar-refractivity contribution in [1.29, 1.82) is 0 Å². The van der Waals surface area contributed by atoms with Gasteiger partial charge in [-0.3, -0.25) is 0 Å². The predicted octanol–water partition coefficient (Wildman–Crippen LogP) is 3.00. The van der Waals surface area contributed by atoms with Crippen LogP contribution in [-0.4, -0.2) is 6.54 Å². The lowest BCUT2D eigenvalue weighted by molar-refractivity contribution is 0.967. The van der Waals surface area contributed by atoms with Crippen molar-refractivity contribution in [2.45, 2.75) is 26.7 Å². The molecule has 0 amide bonds. The first-order valence-electron chi connectivity index (χ1n) is 5.26. The van der Waals surface area contributed by atoms with Crippen LogP contribution in [0.3, 0.4) is 0 Å². The normalized spacial score (nSPS) is 11.8. The molecule has 0 aromatic heterocycles. The van der Waals surface area contributed by atoms with E-state index in [1.807, 2.05) is 0 Å². The van der Waals surface area contributed by atoms with Gasteiger partial charge in [-0.15, -0.1) is 0 Å². The lowest BCUT2D eigenvalue weighted by Gasteiger charge is -2.06. The Morgan fingerprint density at radius 1 is 1.43 bits per heavy atom. The van der Waals surface area contributed by atoms with Gasteiger partial charge in [0.2, 0.25) is 0 Å². The van der Waals surface area contributed by atoms with E-state index >= 15 is 0 Å². The summed E-state index contributed by atoms with van der Waals surface area (Å²) >= 11 is 0. The Kier molecular flexibility index (Phi) is 4.41. The molecule has 1 aromatic carbocycles. The van der Waals surface area contributed by atoms with Crippen molar-refractivity contribution in [3.63, 3.8) is 0 Å². The van der Waals surface area contributed by atoms with Crippen LogP contribution in [0.4, 0.5) is 0 Å². The second kappa shape index (κ2) is 5.61. The van der Waals surface area contributed by atoms with Crippen LogP contribution >= 0.6 is 0 Å². The summed E-state index contributed by atoms with van der Waals surface area (Å²) in [7, 11) is 0. The summed E-state index contributed by atoms with van der Waals surface area (Å²) in [6.45, 7) is 5.00. The molecule has 0 aliphatic rings. The van der Waals surface area contributed by atoms with Crippen LogP contribution in [0.15, 0.2) is 30.3 Å². The third kappa shape index (κ3) is 2.71. The maximum atomic E-state index is 5.54. The molecule has 76 valence electrons. The zero-order valence-corrected chi connectivity index (χ0v) is 9.09. The number of nitrogens with two attached hydrogens (primary N) is 1. The molecule has 0 unspecified atom stereocenters.